The van der Waals surface area contributed by atoms with Crippen molar-refractivity contribution in [3.8, 4) is 0 Å². The third kappa shape index (κ3) is 1.30. The van der Waals surface area contributed by atoms with Crippen molar-refractivity contribution in [1.29, 1.82) is 0 Å². The van der Waals surface area contributed by atoms with E-state index in [0.29, 0.717) is 5.82 Å². The van der Waals surface area contributed by atoms with Crippen LogP contribution < -0.4 is 5.73 Å². The fourth-order valence-corrected chi connectivity index (χ4v) is 0.933. The highest BCUT2D eigenvalue weighted by atomic mass is 16.1. The standard InChI is InChI=1S/C7H12N4O/c1-4(2)11-7(8)6(5(3)12)9-10-11/h4H,8H2,1-3H3. The predicted molar refractivity (Wildman–Crippen MR) is 44.8 cm³/mol. The number of nitrogens with two attached hydrogens (primary N) is 1. The molecule has 66 valence electrons. The fraction of sp³-hybridized carbons (Fsp3) is 0.571. The maximum atomic E-state index is 10.9. The van der Waals surface area contributed by atoms with Gasteiger partial charge in [0.25, 0.3) is 0 Å². The third-order valence-corrected chi connectivity index (χ3v) is 1.55. The molecule has 0 aromatic carbocycles. The molecular weight excluding hydrogens is 156 g/mol. The Kier molecular flexibility index (Phi) is 2.12. The summed E-state index contributed by atoms with van der Waals surface area (Å²) in [5.74, 6) is 0.192. The van der Waals surface area contributed by atoms with Crippen molar-refractivity contribution in [3.05, 3.63) is 5.69 Å². The molecule has 5 heteroatoms. The second kappa shape index (κ2) is 2.92. The lowest BCUT2D eigenvalue weighted by molar-refractivity contribution is 0.101. The number of Topliss-reactive ketones (excluding diaryl/α,β-unsaturated/α-hetero) is 1. The van der Waals surface area contributed by atoms with Crippen molar-refractivity contribution >= 4 is 11.6 Å². The maximum absolute atomic E-state index is 10.9. The van der Waals surface area contributed by atoms with Gasteiger partial charge in [0.1, 0.15) is 0 Å². The van der Waals surface area contributed by atoms with Crippen LogP contribution in [0.3, 0.4) is 0 Å². The smallest absolute Gasteiger partial charge is 0.183 e. The summed E-state index contributed by atoms with van der Waals surface area (Å²) in [7, 11) is 0. The lowest BCUT2D eigenvalue weighted by atomic mass is 10.3. The van der Waals surface area contributed by atoms with Gasteiger partial charge in [-0.2, -0.15) is 0 Å². The zero-order chi connectivity index (χ0) is 9.30. The number of ketones is 1. The van der Waals surface area contributed by atoms with Crippen LogP contribution in [0, 0.1) is 0 Å². The first-order chi connectivity index (χ1) is 5.54. The van der Waals surface area contributed by atoms with E-state index in [1.165, 1.54) is 11.6 Å². The molecule has 1 rings (SSSR count). The molecule has 0 aliphatic heterocycles. The molecule has 5 nitrogen and oxygen atoms in total. The van der Waals surface area contributed by atoms with E-state index in [9.17, 15) is 4.79 Å². The normalized spacial score (nSPS) is 10.7. The SMILES string of the molecule is CC(=O)c1nnn(C(C)C)c1N. The molecule has 0 radical (unpaired) electrons. The number of nitrogen functional groups attached to an aromatic ring is 1. The van der Waals surface area contributed by atoms with Gasteiger partial charge >= 0.3 is 0 Å². The van der Waals surface area contributed by atoms with Gasteiger partial charge < -0.3 is 5.73 Å². The molecule has 1 aromatic rings. The van der Waals surface area contributed by atoms with E-state index < -0.39 is 0 Å². The Labute approximate surface area is 70.6 Å². The highest BCUT2D eigenvalue weighted by Crippen LogP contribution is 2.13. The van der Waals surface area contributed by atoms with Crippen LogP contribution in [0.4, 0.5) is 5.82 Å². The van der Waals surface area contributed by atoms with Gasteiger partial charge in [0.05, 0.1) is 6.04 Å². The van der Waals surface area contributed by atoms with Crippen LogP contribution in [0.15, 0.2) is 0 Å². The predicted octanol–water partition coefficient (Wildman–Crippen LogP) is 0.644. The van der Waals surface area contributed by atoms with Crippen LogP contribution in [0.1, 0.15) is 37.3 Å². The van der Waals surface area contributed by atoms with Crippen molar-refractivity contribution in [2.45, 2.75) is 26.8 Å². The number of anilines is 1. The third-order valence-electron chi connectivity index (χ3n) is 1.55. The van der Waals surface area contributed by atoms with Gasteiger partial charge in [0.15, 0.2) is 17.3 Å². The molecule has 0 atom stereocenters. The molecule has 0 aliphatic rings. The average Bonchev–Trinajstić information content (AvgIpc) is 2.30. The van der Waals surface area contributed by atoms with Crippen LogP contribution in [0.25, 0.3) is 0 Å². The highest BCUT2D eigenvalue weighted by molar-refractivity contribution is 5.96. The Morgan fingerprint density at radius 3 is 2.42 bits per heavy atom. The molecule has 0 amide bonds. The average molecular weight is 168 g/mol. The number of carbonyl (C=O) groups excluding carboxylic acids is 1. The van der Waals surface area contributed by atoms with Gasteiger partial charge in [0.2, 0.25) is 0 Å². The molecule has 0 saturated heterocycles. The highest BCUT2D eigenvalue weighted by Gasteiger charge is 2.14. The van der Waals surface area contributed by atoms with Crippen LogP contribution in [-0.4, -0.2) is 20.8 Å². The molecule has 0 bridgehead atoms. The second-order valence-electron chi connectivity index (χ2n) is 2.92. The first-order valence-electron chi connectivity index (χ1n) is 3.75. The minimum absolute atomic E-state index is 0.130. The van der Waals surface area contributed by atoms with Crippen molar-refractivity contribution in [2.24, 2.45) is 0 Å². The molecular formula is C7H12N4O. The minimum Gasteiger partial charge on any atom is -0.382 e. The van der Waals surface area contributed by atoms with E-state index in [4.69, 9.17) is 5.73 Å². The summed E-state index contributed by atoms with van der Waals surface area (Å²) in [4.78, 5) is 10.9. The summed E-state index contributed by atoms with van der Waals surface area (Å²) < 4.78 is 1.52. The molecule has 0 fully saturated rings. The Morgan fingerprint density at radius 2 is 2.17 bits per heavy atom. The number of carbonyl (C=O) groups is 1. The second-order valence-corrected chi connectivity index (χ2v) is 2.92. The minimum atomic E-state index is -0.153. The van der Waals surface area contributed by atoms with E-state index in [1.54, 1.807) is 0 Å². The zero-order valence-electron chi connectivity index (χ0n) is 7.40. The number of hydrogen-bond donors (Lipinski definition) is 1. The van der Waals surface area contributed by atoms with E-state index in [-0.39, 0.29) is 17.5 Å². The summed E-state index contributed by atoms with van der Waals surface area (Å²) in [6.07, 6.45) is 0. The van der Waals surface area contributed by atoms with Crippen LogP contribution in [-0.2, 0) is 0 Å². The molecule has 0 unspecified atom stereocenters. The Morgan fingerprint density at radius 1 is 1.58 bits per heavy atom. The topological polar surface area (TPSA) is 73.8 Å². The number of aromatic nitrogens is 3. The first-order valence-corrected chi connectivity index (χ1v) is 3.75. The summed E-state index contributed by atoms with van der Waals surface area (Å²) >= 11 is 0. The summed E-state index contributed by atoms with van der Waals surface area (Å²) in [5, 5.41) is 7.43. The van der Waals surface area contributed by atoms with Crippen LogP contribution in [0.5, 0.6) is 0 Å². The van der Waals surface area contributed by atoms with E-state index in [0.717, 1.165) is 0 Å². The van der Waals surface area contributed by atoms with Gasteiger partial charge in [-0.25, -0.2) is 4.68 Å². The maximum Gasteiger partial charge on any atom is 0.183 e. The monoisotopic (exact) mass is 168 g/mol. The number of hydrogen-bond acceptors (Lipinski definition) is 4. The van der Waals surface area contributed by atoms with Gasteiger partial charge in [-0.15, -0.1) is 5.10 Å². The van der Waals surface area contributed by atoms with Gasteiger partial charge in [0, 0.05) is 6.92 Å². The lowest BCUT2D eigenvalue weighted by Crippen LogP contribution is -2.08. The van der Waals surface area contributed by atoms with Gasteiger partial charge in [-0.05, 0) is 13.8 Å². The number of rotatable bonds is 2. The zero-order valence-corrected chi connectivity index (χ0v) is 7.40. The van der Waals surface area contributed by atoms with E-state index in [1.807, 2.05) is 13.8 Å². The molecule has 0 aliphatic carbocycles. The van der Waals surface area contributed by atoms with Crippen LogP contribution >= 0.6 is 0 Å². The van der Waals surface area contributed by atoms with Gasteiger partial charge in [-0.3, -0.25) is 4.79 Å². The molecule has 0 spiro atoms. The Balaban J connectivity index is 3.13. The largest absolute Gasteiger partial charge is 0.382 e. The van der Waals surface area contributed by atoms with Crippen molar-refractivity contribution in [2.75, 3.05) is 5.73 Å². The van der Waals surface area contributed by atoms with Crippen molar-refractivity contribution in [3.63, 3.8) is 0 Å². The number of nitrogens with zero attached hydrogens (tertiary/aromatic N) is 3. The summed E-state index contributed by atoms with van der Waals surface area (Å²) in [5.41, 5.74) is 5.88. The molecule has 0 saturated carbocycles. The van der Waals surface area contributed by atoms with E-state index >= 15 is 0 Å². The van der Waals surface area contributed by atoms with Gasteiger partial charge in [-0.1, -0.05) is 5.21 Å². The van der Waals surface area contributed by atoms with Crippen LogP contribution in [0.2, 0.25) is 0 Å². The fourth-order valence-electron chi connectivity index (χ4n) is 0.933. The molecule has 2 N–H and O–H groups in total. The van der Waals surface area contributed by atoms with Crippen molar-refractivity contribution < 1.29 is 4.79 Å². The Bertz CT molecular complexity index is 302. The first kappa shape index (κ1) is 8.70. The molecule has 12 heavy (non-hydrogen) atoms. The Hall–Kier alpha value is -1.39. The molecule has 1 heterocycles. The molecule has 1 aromatic heterocycles. The van der Waals surface area contributed by atoms with E-state index in [2.05, 4.69) is 10.3 Å². The quantitative estimate of drug-likeness (QED) is 0.658. The summed E-state index contributed by atoms with van der Waals surface area (Å²) in [6, 6.07) is 0.130. The lowest BCUT2D eigenvalue weighted by Gasteiger charge is -2.05. The van der Waals surface area contributed by atoms with Crippen molar-refractivity contribution in [1.82, 2.24) is 15.0 Å². The summed E-state index contributed by atoms with van der Waals surface area (Å²) in [6.45, 7) is 5.27.